The third-order valence-corrected chi connectivity index (χ3v) is 5.23. The van der Waals surface area contributed by atoms with Crippen LogP contribution in [0.4, 0.5) is 5.82 Å². The van der Waals surface area contributed by atoms with Crippen molar-refractivity contribution < 1.29 is 9.37 Å². The lowest BCUT2D eigenvalue weighted by Gasteiger charge is -2.29. The van der Waals surface area contributed by atoms with Crippen LogP contribution in [0.5, 0.6) is 5.75 Å². The van der Waals surface area contributed by atoms with Crippen molar-refractivity contribution in [2.24, 2.45) is 0 Å². The van der Waals surface area contributed by atoms with E-state index in [-0.39, 0.29) is 11.9 Å². The van der Waals surface area contributed by atoms with Crippen LogP contribution in [0.2, 0.25) is 0 Å². The van der Waals surface area contributed by atoms with Crippen molar-refractivity contribution in [3.05, 3.63) is 42.7 Å². The Balaban J connectivity index is 1.56. The van der Waals surface area contributed by atoms with E-state index in [0.717, 1.165) is 48.4 Å². The lowest BCUT2D eigenvalue weighted by atomic mass is 10.1. The van der Waals surface area contributed by atoms with E-state index in [1.54, 1.807) is 12.4 Å². The molecule has 0 atom stereocenters. The van der Waals surface area contributed by atoms with Crippen LogP contribution >= 0.6 is 0 Å². The molecule has 1 fully saturated rings. The Morgan fingerprint density at radius 2 is 2.03 bits per heavy atom. The molecule has 1 aliphatic rings. The summed E-state index contributed by atoms with van der Waals surface area (Å²) in [6, 6.07) is 9.86. The van der Waals surface area contributed by atoms with E-state index in [4.69, 9.17) is 15.1 Å². The molecule has 0 spiro atoms. The average Bonchev–Trinajstić information content (AvgIpc) is 3.33. The standard InChI is InChI=1S/C20H21N7O2/c1-26-9-6-14(7-10-26)28-15-4-2-3-13(11-15)27-17-5-8-22-12-16(17)23-20(27)18-19(21)25-29-24-18/h2-5,8,11-12,14H,6-7,9-10H2,1H3,(H2,21,25). The molecule has 1 aliphatic heterocycles. The Morgan fingerprint density at radius 3 is 2.83 bits per heavy atom. The third-order valence-electron chi connectivity index (χ3n) is 5.23. The molecule has 0 amide bonds. The van der Waals surface area contributed by atoms with Gasteiger partial charge in [-0.15, -0.1) is 0 Å². The minimum absolute atomic E-state index is 0.188. The number of imidazole rings is 1. The van der Waals surface area contributed by atoms with Gasteiger partial charge >= 0.3 is 0 Å². The number of fused-ring (bicyclic) bond motifs is 1. The fraction of sp³-hybridized carbons (Fsp3) is 0.300. The minimum Gasteiger partial charge on any atom is -0.490 e. The highest BCUT2D eigenvalue weighted by molar-refractivity contribution is 5.83. The molecule has 1 saturated heterocycles. The van der Waals surface area contributed by atoms with Crippen molar-refractivity contribution in [2.75, 3.05) is 25.9 Å². The molecule has 2 N–H and O–H groups in total. The van der Waals surface area contributed by atoms with Crippen LogP contribution < -0.4 is 10.5 Å². The van der Waals surface area contributed by atoms with Crippen LogP contribution in [0.15, 0.2) is 47.4 Å². The van der Waals surface area contributed by atoms with E-state index in [1.165, 1.54) is 0 Å². The smallest absolute Gasteiger partial charge is 0.199 e. The van der Waals surface area contributed by atoms with E-state index < -0.39 is 0 Å². The molecule has 5 rings (SSSR count). The van der Waals surface area contributed by atoms with Crippen LogP contribution in [0.25, 0.3) is 28.2 Å². The van der Waals surface area contributed by atoms with Crippen LogP contribution in [0.1, 0.15) is 12.8 Å². The van der Waals surface area contributed by atoms with Crippen molar-refractivity contribution in [3.63, 3.8) is 0 Å². The first-order valence-corrected chi connectivity index (χ1v) is 9.55. The summed E-state index contributed by atoms with van der Waals surface area (Å²) in [5.41, 5.74) is 8.83. The van der Waals surface area contributed by atoms with Gasteiger partial charge in [-0.1, -0.05) is 6.07 Å². The van der Waals surface area contributed by atoms with Crippen LogP contribution in [-0.4, -0.2) is 56.0 Å². The summed E-state index contributed by atoms with van der Waals surface area (Å²) < 4.78 is 13.0. The largest absolute Gasteiger partial charge is 0.490 e. The number of nitrogen functional groups attached to an aromatic ring is 1. The number of nitrogens with two attached hydrogens (primary N) is 1. The van der Waals surface area contributed by atoms with Gasteiger partial charge < -0.3 is 15.4 Å². The maximum atomic E-state index is 6.26. The van der Waals surface area contributed by atoms with Gasteiger partial charge in [0.15, 0.2) is 17.3 Å². The zero-order chi connectivity index (χ0) is 19.8. The highest BCUT2D eigenvalue weighted by atomic mass is 16.6. The number of aromatic nitrogens is 5. The quantitative estimate of drug-likeness (QED) is 0.565. The van der Waals surface area contributed by atoms with Crippen molar-refractivity contribution in [3.8, 4) is 23.0 Å². The molecule has 3 aromatic heterocycles. The molecule has 1 aromatic carbocycles. The van der Waals surface area contributed by atoms with Crippen LogP contribution in [0, 0.1) is 0 Å². The average molecular weight is 391 g/mol. The van der Waals surface area contributed by atoms with Gasteiger partial charge in [0.1, 0.15) is 17.4 Å². The molecule has 0 bridgehead atoms. The zero-order valence-corrected chi connectivity index (χ0v) is 16.0. The molecule has 9 nitrogen and oxygen atoms in total. The van der Waals surface area contributed by atoms with Crippen molar-refractivity contribution >= 4 is 16.9 Å². The van der Waals surface area contributed by atoms with Crippen molar-refractivity contribution in [2.45, 2.75) is 18.9 Å². The monoisotopic (exact) mass is 391 g/mol. The number of ether oxygens (including phenoxy) is 1. The van der Waals surface area contributed by atoms with Gasteiger partial charge in [-0.3, -0.25) is 9.55 Å². The van der Waals surface area contributed by atoms with Crippen LogP contribution in [-0.2, 0) is 0 Å². The van der Waals surface area contributed by atoms with Crippen molar-refractivity contribution in [1.82, 2.24) is 29.7 Å². The maximum absolute atomic E-state index is 6.26. The second kappa shape index (κ2) is 7.17. The van der Waals surface area contributed by atoms with E-state index in [1.807, 2.05) is 34.9 Å². The lowest BCUT2D eigenvalue weighted by Crippen LogP contribution is -2.35. The summed E-state index contributed by atoms with van der Waals surface area (Å²) in [7, 11) is 2.14. The molecule has 148 valence electrons. The Hall–Kier alpha value is -3.46. The number of hydrogen-bond donors (Lipinski definition) is 1. The Kier molecular flexibility index (Phi) is 4.36. The van der Waals surface area contributed by atoms with E-state index >= 15 is 0 Å². The van der Waals surface area contributed by atoms with Gasteiger partial charge in [-0.2, -0.15) is 0 Å². The Labute approximate surface area is 167 Å². The highest BCUT2D eigenvalue weighted by Gasteiger charge is 2.21. The summed E-state index contributed by atoms with van der Waals surface area (Å²) >= 11 is 0. The summed E-state index contributed by atoms with van der Waals surface area (Å²) in [5, 5.41) is 7.63. The molecule has 4 heterocycles. The highest BCUT2D eigenvalue weighted by Crippen LogP contribution is 2.31. The van der Waals surface area contributed by atoms with Gasteiger partial charge in [0, 0.05) is 25.4 Å². The number of nitrogens with zero attached hydrogens (tertiary/aromatic N) is 6. The SMILES string of the molecule is CN1CCC(Oc2cccc(-n3c(-c4nonc4N)nc4cnccc43)c2)CC1. The first-order chi connectivity index (χ1) is 14.2. The van der Waals surface area contributed by atoms with Crippen LogP contribution in [0.3, 0.4) is 0 Å². The number of anilines is 1. The van der Waals surface area contributed by atoms with Gasteiger partial charge in [0.25, 0.3) is 0 Å². The van der Waals surface area contributed by atoms with Crippen molar-refractivity contribution in [1.29, 1.82) is 0 Å². The van der Waals surface area contributed by atoms with Gasteiger partial charge in [0.05, 0.1) is 17.4 Å². The second-order valence-corrected chi connectivity index (χ2v) is 7.25. The van der Waals surface area contributed by atoms with E-state index in [9.17, 15) is 0 Å². The number of piperidine rings is 1. The number of hydrogen-bond acceptors (Lipinski definition) is 8. The third kappa shape index (κ3) is 3.29. The number of pyridine rings is 1. The number of benzene rings is 1. The van der Waals surface area contributed by atoms with Gasteiger partial charge in [-0.25, -0.2) is 9.61 Å². The normalized spacial score (nSPS) is 15.8. The predicted molar refractivity (Wildman–Crippen MR) is 108 cm³/mol. The summed E-state index contributed by atoms with van der Waals surface area (Å²) in [4.78, 5) is 11.2. The van der Waals surface area contributed by atoms with E-state index in [0.29, 0.717) is 11.5 Å². The molecule has 29 heavy (non-hydrogen) atoms. The lowest BCUT2D eigenvalue weighted by molar-refractivity contribution is 0.114. The predicted octanol–water partition coefficient (Wildman–Crippen LogP) is 2.53. The fourth-order valence-corrected chi connectivity index (χ4v) is 3.69. The molecule has 4 aromatic rings. The first-order valence-electron chi connectivity index (χ1n) is 9.55. The molecule has 0 aliphatic carbocycles. The fourth-order valence-electron chi connectivity index (χ4n) is 3.69. The number of likely N-dealkylation sites (tertiary alicyclic amines) is 1. The minimum atomic E-state index is 0.188. The number of rotatable bonds is 4. The molecule has 9 heteroatoms. The zero-order valence-electron chi connectivity index (χ0n) is 16.0. The van der Waals surface area contributed by atoms with E-state index in [2.05, 4.69) is 32.2 Å². The molecular weight excluding hydrogens is 370 g/mol. The van der Waals surface area contributed by atoms with Gasteiger partial charge in [0.2, 0.25) is 0 Å². The topological polar surface area (TPSA) is 108 Å². The molecular formula is C20H21N7O2. The summed E-state index contributed by atoms with van der Waals surface area (Å²) in [6.07, 6.45) is 5.70. The second-order valence-electron chi connectivity index (χ2n) is 7.25. The Bertz CT molecular complexity index is 1140. The first kappa shape index (κ1) is 17.6. The molecule has 0 radical (unpaired) electrons. The Morgan fingerprint density at radius 1 is 1.17 bits per heavy atom. The maximum Gasteiger partial charge on any atom is 0.199 e. The molecule has 0 unspecified atom stereocenters. The van der Waals surface area contributed by atoms with Gasteiger partial charge in [-0.05, 0) is 48.4 Å². The summed E-state index contributed by atoms with van der Waals surface area (Å²) in [6.45, 7) is 2.10. The summed E-state index contributed by atoms with van der Waals surface area (Å²) in [5.74, 6) is 1.56. The molecule has 0 saturated carbocycles.